The summed E-state index contributed by atoms with van der Waals surface area (Å²) in [5.41, 5.74) is 3.16. The Morgan fingerprint density at radius 1 is 1.25 bits per heavy atom. The Labute approximate surface area is 117 Å². The van der Waals surface area contributed by atoms with Gasteiger partial charge < -0.3 is 14.7 Å². The summed E-state index contributed by atoms with van der Waals surface area (Å²) in [7, 11) is 1.53. The highest BCUT2D eigenvalue weighted by Crippen LogP contribution is 2.32. The Morgan fingerprint density at radius 3 is 2.90 bits per heavy atom. The van der Waals surface area contributed by atoms with Gasteiger partial charge in [0.2, 0.25) is 0 Å². The lowest BCUT2D eigenvalue weighted by Gasteiger charge is -2.20. The van der Waals surface area contributed by atoms with Crippen LogP contribution < -0.4 is 9.64 Å². The molecule has 0 bridgehead atoms. The number of benzene rings is 2. The van der Waals surface area contributed by atoms with E-state index in [4.69, 9.17) is 4.74 Å². The maximum absolute atomic E-state index is 13.4. The number of ether oxygens (including phenoxy) is 1. The van der Waals surface area contributed by atoms with E-state index in [1.54, 1.807) is 12.1 Å². The molecule has 0 aliphatic carbocycles. The number of fused-ring (bicyclic) bond motifs is 1. The number of hydrogen-bond acceptors (Lipinski definition) is 3. The van der Waals surface area contributed by atoms with Gasteiger partial charge in [0.15, 0.2) is 11.5 Å². The third-order valence-electron chi connectivity index (χ3n) is 3.66. The van der Waals surface area contributed by atoms with Gasteiger partial charge in [0.05, 0.1) is 7.11 Å². The van der Waals surface area contributed by atoms with Crippen molar-refractivity contribution in [2.45, 2.75) is 13.0 Å². The van der Waals surface area contributed by atoms with Gasteiger partial charge in [0.25, 0.3) is 0 Å². The molecule has 3 nitrogen and oxygen atoms in total. The van der Waals surface area contributed by atoms with Crippen LogP contribution in [0.3, 0.4) is 0 Å². The Morgan fingerprint density at radius 2 is 2.10 bits per heavy atom. The van der Waals surface area contributed by atoms with Gasteiger partial charge in [-0.05, 0) is 41.8 Å². The fourth-order valence-corrected chi connectivity index (χ4v) is 2.62. The zero-order valence-electron chi connectivity index (χ0n) is 11.3. The number of phenolic OH excluding ortho intramolecular Hbond substituents is 1. The topological polar surface area (TPSA) is 32.7 Å². The van der Waals surface area contributed by atoms with Gasteiger partial charge in [-0.2, -0.15) is 0 Å². The first-order chi connectivity index (χ1) is 9.67. The molecule has 0 saturated carbocycles. The van der Waals surface area contributed by atoms with Gasteiger partial charge in [0, 0.05) is 18.8 Å². The summed E-state index contributed by atoms with van der Waals surface area (Å²) in [6.45, 7) is 1.55. The molecule has 0 atom stereocenters. The molecule has 104 valence electrons. The van der Waals surface area contributed by atoms with Gasteiger partial charge in [-0.1, -0.05) is 12.1 Å². The molecule has 0 radical (unpaired) electrons. The number of rotatable bonds is 3. The van der Waals surface area contributed by atoms with E-state index in [1.165, 1.54) is 18.7 Å². The second-order valence-corrected chi connectivity index (χ2v) is 4.95. The van der Waals surface area contributed by atoms with E-state index in [-0.39, 0.29) is 11.6 Å². The van der Waals surface area contributed by atoms with Crippen molar-refractivity contribution in [1.29, 1.82) is 0 Å². The van der Waals surface area contributed by atoms with Crippen LogP contribution >= 0.6 is 0 Å². The number of nitrogens with zero attached hydrogens (tertiary/aromatic N) is 1. The molecule has 1 N–H and O–H groups in total. The summed E-state index contributed by atoms with van der Waals surface area (Å²) in [6, 6.07) is 10.2. The van der Waals surface area contributed by atoms with E-state index in [9.17, 15) is 9.50 Å². The van der Waals surface area contributed by atoms with Crippen LogP contribution in [0.15, 0.2) is 36.4 Å². The Bertz CT molecular complexity index is 642. The van der Waals surface area contributed by atoms with Gasteiger partial charge >= 0.3 is 0 Å². The van der Waals surface area contributed by atoms with Crippen molar-refractivity contribution in [3.05, 3.63) is 53.3 Å². The second-order valence-electron chi connectivity index (χ2n) is 4.95. The predicted molar refractivity (Wildman–Crippen MR) is 75.8 cm³/mol. The lowest BCUT2D eigenvalue weighted by Crippen LogP contribution is -2.19. The fraction of sp³-hybridized carbons (Fsp3) is 0.250. The second kappa shape index (κ2) is 5.04. The standard InChI is InChI=1S/C16H16FNO2/c1-20-16-8-11(2-5-15(16)19)10-18-7-6-12-3-4-13(17)9-14(12)18/h2-5,8-9,19H,6-7,10H2,1H3. The molecular weight excluding hydrogens is 257 g/mol. The molecule has 2 aromatic carbocycles. The van der Waals surface area contributed by atoms with Gasteiger partial charge in [0.1, 0.15) is 5.82 Å². The molecule has 1 aliphatic heterocycles. The van der Waals surface area contributed by atoms with Crippen molar-refractivity contribution >= 4 is 5.69 Å². The van der Waals surface area contributed by atoms with Crippen molar-refractivity contribution in [3.8, 4) is 11.5 Å². The van der Waals surface area contributed by atoms with Crippen LogP contribution in [0, 0.1) is 5.82 Å². The summed E-state index contributed by atoms with van der Waals surface area (Å²) in [5.74, 6) is 0.379. The van der Waals surface area contributed by atoms with Crippen molar-refractivity contribution < 1.29 is 14.2 Å². The van der Waals surface area contributed by atoms with Crippen molar-refractivity contribution in [2.75, 3.05) is 18.6 Å². The van der Waals surface area contributed by atoms with Gasteiger partial charge in [-0.15, -0.1) is 0 Å². The number of methoxy groups -OCH3 is 1. The molecule has 1 heterocycles. The molecule has 0 spiro atoms. The normalized spacial score (nSPS) is 13.4. The molecule has 0 fully saturated rings. The first-order valence-electron chi connectivity index (χ1n) is 6.56. The Balaban J connectivity index is 1.85. The number of hydrogen-bond donors (Lipinski definition) is 1. The summed E-state index contributed by atoms with van der Waals surface area (Å²) in [5, 5.41) is 9.60. The SMILES string of the molecule is COc1cc(CN2CCc3ccc(F)cc32)ccc1O. The van der Waals surface area contributed by atoms with Crippen LogP contribution in [-0.2, 0) is 13.0 Å². The van der Waals surface area contributed by atoms with Crippen LogP contribution in [0.1, 0.15) is 11.1 Å². The quantitative estimate of drug-likeness (QED) is 0.932. The molecule has 2 aromatic rings. The monoisotopic (exact) mass is 273 g/mol. The minimum absolute atomic E-state index is 0.129. The smallest absolute Gasteiger partial charge is 0.160 e. The maximum Gasteiger partial charge on any atom is 0.160 e. The number of halogens is 1. The molecule has 0 amide bonds. The zero-order chi connectivity index (χ0) is 14.1. The average Bonchev–Trinajstić information content (AvgIpc) is 2.83. The van der Waals surface area contributed by atoms with Crippen LogP contribution in [0.2, 0.25) is 0 Å². The van der Waals surface area contributed by atoms with Gasteiger partial charge in [-0.3, -0.25) is 0 Å². The Kier molecular flexibility index (Phi) is 3.22. The average molecular weight is 273 g/mol. The van der Waals surface area contributed by atoms with Crippen LogP contribution in [0.25, 0.3) is 0 Å². The van der Waals surface area contributed by atoms with Crippen LogP contribution in [-0.4, -0.2) is 18.8 Å². The van der Waals surface area contributed by atoms with Crippen molar-refractivity contribution in [1.82, 2.24) is 0 Å². The highest BCUT2D eigenvalue weighted by Gasteiger charge is 2.20. The van der Waals surface area contributed by atoms with E-state index in [1.807, 2.05) is 18.2 Å². The lowest BCUT2D eigenvalue weighted by atomic mass is 10.1. The maximum atomic E-state index is 13.4. The fourth-order valence-electron chi connectivity index (χ4n) is 2.62. The highest BCUT2D eigenvalue weighted by molar-refractivity contribution is 5.58. The van der Waals surface area contributed by atoms with E-state index in [2.05, 4.69) is 4.90 Å². The number of anilines is 1. The van der Waals surface area contributed by atoms with E-state index in [0.29, 0.717) is 12.3 Å². The molecule has 0 aromatic heterocycles. The van der Waals surface area contributed by atoms with Crippen LogP contribution in [0.4, 0.5) is 10.1 Å². The number of phenols is 1. The largest absolute Gasteiger partial charge is 0.504 e. The minimum Gasteiger partial charge on any atom is -0.504 e. The minimum atomic E-state index is -0.209. The van der Waals surface area contributed by atoms with E-state index >= 15 is 0 Å². The molecule has 4 heteroatoms. The third-order valence-corrected chi connectivity index (χ3v) is 3.66. The molecule has 1 aliphatic rings. The molecular formula is C16H16FNO2. The van der Waals surface area contributed by atoms with E-state index < -0.39 is 0 Å². The van der Waals surface area contributed by atoms with Gasteiger partial charge in [-0.25, -0.2) is 4.39 Å². The molecule has 0 unspecified atom stereocenters. The Hall–Kier alpha value is -2.23. The summed E-state index contributed by atoms with van der Waals surface area (Å²) in [4.78, 5) is 2.14. The van der Waals surface area contributed by atoms with E-state index in [0.717, 1.165) is 24.2 Å². The summed E-state index contributed by atoms with van der Waals surface area (Å²) >= 11 is 0. The first-order valence-corrected chi connectivity index (χ1v) is 6.56. The van der Waals surface area contributed by atoms with Crippen molar-refractivity contribution in [3.63, 3.8) is 0 Å². The molecule has 20 heavy (non-hydrogen) atoms. The summed E-state index contributed by atoms with van der Waals surface area (Å²) < 4.78 is 18.5. The van der Waals surface area contributed by atoms with Crippen molar-refractivity contribution in [2.24, 2.45) is 0 Å². The third kappa shape index (κ3) is 2.29. The highest BCUT2D eigenvalue weighted by atomic mass is 19.1. The predicted octanol–water partition coefficient (Wildman–Crippen LogP) is 3.10. The first kappa shape index (κ1) is 12.8. The molecule has 0 saturated heterocycles. The molecule has 3 rings (SSSR count). The summed E-state index contributed by atoms with van der Waals surface area (Å²) in [6.07, 6.45) is 0.935. The van der Waals surface area contributed by atoms with Crippen LogP contribution in [0.5, 0.6) is 11.5 Å². The number of aromatic hydroxyl groups is 1. The lowest BCUT2D eigenvalue weighted by molar-refractivity contribution is 0.373. The zero-order valence-corrected chi connectivity index (χ0v) is 11.3.